The third-order valence-electron chi connectivity index (χ3n) is 14.7. The molecule has 4 heterocycles. The molecular weight excluding hydrogens is 809 g/mol. The Bertz CT molecular complexity index is 4240. The maximum Gasteiger partial charge on any atom is 0.137 e. The summed E-state index contributed by atoms with van der Waals surface area (Å²) in [5.41, 5.74) is 19.4. The molecule has 13 aromatic rings. The first-order valence-corrected chi connectivity index (χ1v) is 23.3. The molecule has 0 saturated heterocycles. The van der Waals surface area contributed by atoms with Crippen molar-refractivity contribution in [2.24, 2.45) is 0 Å². The van der Waals surface area contributed by atoms with Gasteiger partial charge in [-0.3, -0.25) is 0 Å². The number of benzene rings is 10. The lowest BCUT2D eigenvalue weighted by molar-refractivity contribution is 0.661. The van der Waals surface area contributed by atoms with Crippen LogP contribution in [0.5, 0.6) is 0 Å². The third-order valence-corrected chi connectivity index (χ3v) is 15.8. The van der Waals surface area contributed by atoms with Crippen LogP contribution in [0.15, 0.2) is 199 Å². The molecular formula is C61H38N2OS. The summed E-state index contributed by atoms with van der Waals surface area (Å²) in [5.74, 6) is 0. The Morgan fingerprint density at radius 3 is 2.12 bits per heavy atom. The number of para-hydroxylation sites is 2. The summed E-state index contributed by atoms with van der Waals surface area (Å²) >= 11 is 1.85. The standard InChI is InChI=1S/C61H38N2OS/c1-61(2)48-15-9-14-43-46-33-38(24-29-51(46)63-50-16-6-3-11-41(50)44-27-28-49(61)59(57(43)48)60(44)63)35-21-22-37-32-39(25-23-36(37)31-35)62(40-26-30-56-47(34-40)42-12-5-8-20-55(42)65-56)52-17-10-19-54-58(52)45-13-4-7-18-53(45)64-54/h3-34H,1-2H3. The van der Waals surface area contributed by atoms with Gasteiger partial charge in [0.25, 0.3) is 0 Å². The van der Waals surface area contributed by atoms with Crippen molar-refractivity contribution in [3.05, 3.63) is 205 Å². The van der Waals surface area contributed by atoms with Gasteiger partial charge in [0.1, 0.15) is 11.2 Å². The molecule has 10 aromatic carbocycles. The van der Waals surface area contributed by atoms with E-state index < -0.39 is 0 Å². The molecule has 3 nitrogen and oxygen atoms in total. The minimum Gasteiger partial charge on any atom is -0.456 e. The van der Waals surface area contributed by atoms with Gasteiger partial charge in [-0.2, -0.15) is 0 Å². The van der Waals surface area contributed by atoms with E-state index in [2.05, 4.69) is 211 Å². The summed E-state index contributed by atoms with van der Waals surface area (Å²) in [5, 5.41) is 9.78. The van der Waals surface area contributed by atoms with E-state index in [0.29, 0.717) is 0 Å². The predicted octanol–water partition coefficient (Wildman–Crippen LogP) is 17.6. The van der Waals surface area contributed by atoms with E-state index in [1.165, 1.54) is 103 Å². The van der Waals surface area contributed by atoms with Crippen molar-refractivity contribution < 1.29 is 4.42 Å². The fourth-order valence-corrected chi connectivity index (χ4v) is 12.8. The number of thiophene rings is 1. The second kappa shape index (κ2) is 12.6. The van der Waals surface area contributed by atoms with Gasteiger partial charge in [-0.25, -0.2) is 0 Å². The Balaban J connectivity index is 0.904. The average molecular weight is 847 g/mol. The van der Waals surface area contributed by atoms with E-state index in [1.807, 2.05) is 17.4 Å². The first-order valence-electron chi connectivity index (χ1n) is 22.5. The average Bonchev–Trinajstić information content (AvgIpc) is 4.06. The van der Waals surface area contributed by atoms with Gasteiger partial charge in [0.2, 0.25) is 0 Å². The molecule has 0 saturated carbocycles. The zero-order valence-electron chi connectivity index (χ0n) is 35.7. The Kier molecular flexibility index (Phi) is 6.90. The lowest BCUT2D eigenvalue weighted by Crippen LogP contribution is -2.15. The number of aromatic nitrogens is 1. The number of furan rings is 1. The van der Waals surface area contributed by atoms with Crippen LogP contribution in [0.2, 0.25) is 0 Å². The van der Waals surface area contributed by atoms with Gasteiger partial charge >= 0.3 is 0 Å². The van der Waals surface area contributed by atoms with Crippen molar-refractivity contribution >= 4 is 103 Å². The van der Waals surface area contributed by atoms with E-state index in [4.69, 9.17) is 4.42 Å². The number of rotatable bonds is 4. The van der Waals surface area contributed by atoms with Crippen molar-refractivity contribution in [3.63, 3.8) is 0 Å². The zero-order chi connectivity index (χ0) is 42.7. The molecule has 3 aromatic heterocycles. The first-order chi connectivity index (χ1) is 32.0. The molecule has 0 fully saturated rings. The summed E-state index contributed by atoms with van der Waals surface area (Å²) in [4.78, 5) is 2.42. The van der Waals surface area contributed by atoms with E-state index in [-0.39, 0.29) is 5.41 Å². The highest BCUT2D eigenvalue weighted by atomic mass is 32.1. The number of fused-ring (bicyclic) bond motifs is 13. The zero-order valence-corrected chi connectivity index (χ0v) is 36.5. The van der Waals surface area contributed by atoms with Crippen molar-refractivity contribution in [2.45, 2.75) is 19.3 Å². The highest BCUT2D eigenvalue weighted by Gasteiger charge is 2.41. The fraction of sp³-hybridized carbons (Fsp3) is 0.0492. The van der Waals surface area contributed by atoms with Crippen LogP contribution < -0.4 is 4.90 Å². The first kappa shape index (κ1) is 35.5. The minimum atomic E-state index is -0.0953. The lowest BCUT2D eigenvalue weighted by Gasteiger charge is -2.27. The molecule has 0 radical (unpaired) electrons. The molecule has 65 heavy (non-hydrogen) atoms. The van der Waals surface area contributed by atoms with Gasteiger partial charge < -0.3 is 13.9 Å². The summed E-state index contributed by atoms with van der Waals surface area (Å²) in [6.45, 7) is 4.78. The van der Waals surface area contributed by atoms with E-state index in [0.717, 1.165) is 39.0 Å². The van der Waals surface area contributed by atoms with Crippen LogP contribution in [-0.4, -0.2) is 4.57 Å². The normalized spacial score (nSPS) is 13.5. The molecule has 0 atom stereocenters. The number of anilines is 3. The molecule has 1 aliphatic heterocycles. The SMILES string of the molecule is CC1(C)c2cccc3c2-c2c1ccc1c4ccccc4n(c21)-c1ccc(-c2ccc4cc(N(c5ccc6sc7ccccc7c6c5)c5cccc6oc7ccccc7c56)ccc4c2)cc1-3. The number of nitrogens with zero attached hydrogens (tertiary/aromatic N) is 2. The summed E-state index contributed by atoms with van der Waals surface area (Å²) in [6, 6.07) is 72.1. The molecule has 4 heteroatoms. The van der Waals surface area contributed by atoms with Crippen LogP contribution in [0.3, 0.4) is 0 Å². The van der Waals surface area contributed by atoms with E-state index in [1.54, 1.807) is 0 Å². The van der Waals surface area contributed by atoms with Gasteiger partial charge in [-0.15, -0.1) is 11.3 Å². The van der Waals surface area contributed by atoms with Crippen LogP contribution in [0.1, 0.15) is 25.0 Å². The molecule has 2 aliphatic rings. The third kappa shape index (κ3) is 4.74. The van der Waals surface area contributed by atoms with Crippen molar-refractivity contribution in [2.75, 3.05) is 4.90 Å². The number of hydrogen-bond acceptors (Lipinski definition) is 3. The minimum absolute atomic E-state index is 0.0953. The molecule has 0 N–H and O–H groups in total. The van der Waals surface area contributed by atoms with Gasteiger partial charge in [-0.1, -0.05) is 129 Å². The Hall–Kier alpha value is -7.92. The Morgan fingerprint density at radius 1 is 0.477 bits per heavy atom. The molecule has 0 unspecified atom stereocenters. The van der Waals surface area contributed by atoms with Crippen LogP contribution in [0.4, 0.5) is 17.1 Å². The Labute approximate surface area is 378 Å². The van der Waals surface area contributed by atoms with Crippen molar-refractivity contribution in [1.29, 1.82) is 0 Å². The summed E-state index contributed by atoms with van der Waals surface area (Å²) in [7, 11) is 0. The summed E-state index contributed by atoms with van der Waals surface area (Å²) < 4.78 is 11.6. The molecule has 1 aliphatic carbocycles. The van der Waals surface area contributed by atoms with Gasteiger partial charge in [0, 0.05) is 64.2 Å². The fourth-order valence-electron chi connectivity index (χ4n) is 11.7. The Morgan fingerprint density at radius 2 is 1.18 bits per heavy atom. The summed E-state index contributed by atoms with van der Waals surface area (Å²) in [6.07, 6.45) is 0. The van der Waals surface area contributed by atoms with Crippen LogP contribution in [0, 0.1) is 0 Å². The molecule has 0 amide bonds. The van der Waals surface area contributed by atoms with Gasteiger partial charge in [0.05, 0.1) is 27.8 Å². The topological polar surface area (TPSA) is 21.3 Å². The van der Waals surface area contributed by atoms with E-state index >= 15 is 0 Å². The monoisotopic (exact) mass is 846 g/mol. The highest BCUT2D eigenvalue weighted by molar-refractivity contribution is 7.25. The van der Waals surface area contributed by atoms with Gasteiger partial charge in [-0.05, 0) is 123 Å². The second-order valence-electron chi connectivity index (χ2n) is 18.4. The highest BCUT2D eigenvalue weighted by Crippen LogP contribution is 2.58. The maximum absolute atomic E-state index is 6.45. The largest absolute Gasteiger partial charge is 0.456 e. The van der Waals surface area contributed by atoms with Gasteiger partial charge in [0.15, 0.2) is 0 Å². The second-order valence-corrected chi connectivity index (χ2v) is 19.5. The van der Waals surface area contributed by atoms with Crippen LogP contribution in [-0.2, 0) is 5.41 Å². The molecule has 15 rings (SSSR count). The van der Waals surface area contributed by atoms with Crippen molar-refractivity contribution in [3.8, 4) is 39.1 Å². The molecule has 0 spiro atoms. The molecule has 0 bridgehead atoms. The maximum atomic E-state index is 6.45. The molecule has 304 valence electrons. The van der Waals surface area contributed by atoms with E-state index in [9.17, 15) is 0 Å². The predicted molar refractivity (Wildman–Crippen MR) is 275 cm³/mol. The van der Waals surface area contributed by atoms with Crippen LogP contribution >= 0.6 is 11.3 Å². The van der Waals surface area contributed by atoms with Crippen LogP contribution in [0.25, 0.3) is 114 Å². The van der Waals surface area contributed by atoms with Crippen molar-refractivity contribution in [1.82, 2.24) is 4.57 Å². The lowest BCUT2D eigenvalue weighted by atomic mass is 9.81. The smallest absolute Gasteiger partial charge is 0.137 e. The number of hydrogen-bond donors (Lipinski definition) is 0. The quantitative estimate of drug-likeness (QED) is 0.176.